The van der Waals surface area contributed by atoms with E-state index in [2.05, 4.69) is 37.2 Å². The first-order valence-electron chi connectivity index (χ1n) is 10.8. The molecule has 0 saturated carbocycles. The van der Waals surface area contributed by atoms with Crippen LogP contribution in [0.2, 0.25) is 5.02 Å². The number of carbonyl (C=O) groups excluding carboxylic acids is 2. The van der Waals surface area contributed by atoms with Crippen LogP contribution in [0, 0.1) is 11.9 Å². The summed E-state index contributed by atoms with van der Waals surface area (Å²) < 4.78 is 66.2. The number of nitrogens with zero attached hydrogens (tertiary/aromatic N) is 4. The van der Waals surface area contributed by atoms with Crippen molar-refractivity contribution in [3.63, 3.8) is 0 Å². The van der Waals surface area contributed by atoms with Gasteiger partial charge in [0.05, 0.1) is 28.5 Å². The molecule has 8 nitrogen and oxygen atoms in total. The van der Waals surface area contributed by atoms with Crippen molar-refractivity contribution in [1.29, 1.82) is 0 Å². The van der Waals surface area contributed by atoms with Crippen LogP contribution in [0.15, 0.2) is 60.0 Å². The van der Waals surface area contributed by atoms with Gasteiger partial charge >= 0.3 is 6.18 Å². The molecule has 0 saturated heterocycles. The maximum Gasteiger partial charge on any atom is 0.418 e. The zero-order chi connectivity index (χ0) is 28.9. The fourth-order valence-corrected chi connectivity index (χ4v) is 4.07. The molecule has 0 aliphatic rings. The number of halogens is 6. The van der Waals surface area contributed by atoms with Crippen molar-refractivity contribution in [3.8, 4) is 0 Å². The van der Waals surface area contributed by atoms with Crippen LogP contribution in [0.1, 0.15) is 45.7 Å². The van der Waals surface area contributed by atoms with E-state index in [1.54, 1.807) is 6.92 Å². The Balaban J connectivity index is 1.71. The Morgan fingerprint density at radius 3 is 2.44 bits per heavy atom. The topological polar surface area (TPSA) is 109 Å². The predicted molar refractivity (Wildman–Crippen MR) is 136 cm³/mol. The van der Waals surface area contributed by atoms with Crippen molar-refractivity contribution in [3.05, 3.63) is 93.0 Å². The van der Waals surface area contributed by atoms with E-state index in [1.165, 1.54) is 19.2 Å². The minimum atomic E-state index is -4.74. The first-order valence-corrected chi connectivity index (χ1v) is 12.0. The summed E-state index contributed by atoms with van der Waals surface area (Å²) in [7, 11) is 0. The summed E-state index contributed by atoms with van der Waals surface area (Å²) in [4.78, 5) is 40.0. The number of anilines is 1. The summed E-state index contributed by atoms with van der Waals surface area (Å²) in [6, 6.07) is 1.81. The van der Waals surface area contributed by atoms with E-state index in [9.17, 15) is 31.5 Å². The quantitative estimate of drug-likeness (QED) is 0.148. The second-order valence-electron chi connectivity index (χ2n) is 7.78. The van der Waals surface area contributed by atoms with Crippen molar-refractivity contribution < 1.29 is 31.5 Å². The highest BCUT2D eigenvalue weighted by molar-refractivity contribution is 7.13. The highest BCUT2D eigenvalue weighted by Gasteiger charge is 2.34. The number of hydrogen-bond donors (Lipinski definition) is 2. The molecule has 0 spiro atoms. The number of nitrogens with one attached hydrogen (secondary N) is 2. The predicted octanol–water partition coefficient (Wildman–Crippen LogP) is 5.89. The van der Waals surface area contributed by atoms with Gasteiger partial charge in [-0.3, -0.25) is 14.6 Å². The lowest BCUT2D eigenvalue weighted by Crippen LogP contribution is -2.27. The summed E-state index contributed by atoms with van der Waals surface area (Å²) in [5.74, 6) is -3.83. The number of hydrogen-bond acceptors (Lipinski definition) is 7. The van der Waals surface area contributed by atoms with Crippen molar-refractivity contribution in [1.82, 2.24) is 20.3 Å². The maximum atomic E-state index is 13.5. The van der Waals surface area contributed by atoms with Gasteiger partial charge in [0, 0.05) is 35.7 Å². The van der Waals surface area contributed by atoms with Gasteiger partial charge in [0.25, 0.3) is 5.91 Å². The van der Waals surface area contributed by atoms with Crippen LogP contribution < -0.4 is 10.6 Å². The van der Waals surface area contributed by atoms with Crippen molar-refractivity contribution in [2.24, 2.45) is 4.99 Å². The fraction of sp³-hybridized carbons (Fsp3) is 0.167. The monoisotopic (exact) mass is 584 g/mol. The molecule has 0 fully saturated rings. The first kappa shape index (κ1) is 29.5. The average molecular weight is 585 g/mol. The van der Waals surface area contributed by atoms with Crippen LogP contribution in [-0.2, 0) is 11.0 Å². The lowest BCUT2D eigenvalue weighted by molar-refractivity contribution is -0.137. The molecule has 15 heteroatoms. The Hall–Kier alpha value is -4.04. The summed E-state index contributed by atoms with van der Waals surface area (Å²) in [5, 5.41) is 4.62. The highest BCUT2D eigenvalue weighted by Crippen LogP contribution is 2.35. The summed E-state index contributed by atoms with van der Waals surface area (Å²) in [5.41, 5.74) is -0.931. The lowest BCUT2D eigenvalue weighted by atomic mass is 10.1. The van der Waals surface area contributed by atoms with E-state index in [1.807, 2.05) is 0 Å². The molecule has 3 rings (SSSR count). The van der Waals surface area contributed by atoms with Gasteiger partial charge in [-0.15, -0.1) is 11.3 Å². The minimum absolute atomic E-state index is 0.0354. The molecule has 2 amide bonds. The number of rotatable bonds is 8. The molecule has 204 valence electrons. The molecule has 3 aromatic heterocycles. The van der Waals surface area contributed by atoms with Gasteiger partial charge in [-0.25, -0.2) is 9.97 Å². The first-order chi connectivity index (χ1) is 18.3. The van der Waals surface area contributed by atoms with Crippen LogP contribution in [-0.4, -0.2) is 32.5 Å². The van der Waals surface area contributed by atoms with E-state index >= 15 is 0 Å². The van der Waals surface area contributed by atoms with Crippen molar-refractivity contribution in [2.75, 3.05) is 5.32 Å². The standard InChI is InChI=1S/C24H18ClF5N6O2S/c1-4-31-16(13-6-18(26)35-19(27)7-13)5-11(2)21(37)34-12(3)23-33-10-17(39-23)22(38)36-20-8-14(24(28,29)30)15(25)9-32-20/h4-10,12H,1H2,2-3H3,(H,34,37)(H,32,36,38)/b11-5+,31-16+. The molecule has 0 radical (unpaired) electrons. The Labute approximate surface area is 227 Å². The molecule has 2 N–H and O–H groups in total. The van der Waals surface area contributed by atoms with E-state index in [-0.39, 0.29) is 27.5 Å². The van der Waals surface area contributed by atoms with E-state index in [0.29, 0.717) is 11.1 Å². The smallest absolute Gasteiger partial charge is 0.343 e. The van der Waals surface area contributed by atoms with E-state index in [4.69, 9.17) is 11.6 Å². The average Bonchev–Trinajstić information content (AvgIpc) is 3.34. The van der Waals surface area contributed by atoms with Gasteiger partial charge in [0.15, 0.2) is 0 Å². The number of thiazole rings is 1. The van der Waals surface area contributed by atoms with Gasteiger partial charge in [-0.05, 0) is 26.0 Å². The SMILES string of the molecule is C=C/N=C(\C=C(/C)C(=O)NC(C)c1ncc(C(=O)Nc2cc(C(F)(F)F)c(Cl)cn2)s1)c1cc(F)nc(F)c1. The van der Waals surface area contributed by atoms with Gasteiger partial charge in [-0.1, -0.05) is 18.2 Å². The molecule has 39 heavy (non-hydrogen) atoms. The largest absolute Gasteiger partial charge is 0.418 e. The van der Waals surface area contributed by atoms with Crippen LogP contribution >= 0.6 is 22.9 Å². The maximum absolute atomic E-state index is 13.5. The third-order valence-corrected chi connectivity index (χ3v) is 6.35. The van der Waals surface area contributed by atoms with Crippen molar-refractivity contribution in [2.45, 2.75) is 26.1 Å². The number of pyridine rings is 2. The minimum Gasteiger partial charge on any atom is -0.343 e. The second-order valence-corrected chi connectivity index (χ2v) is 9.25. The third kappa shape index (κ3) is 7.74. The fourth-order valence-electron chi connectivity index (χ4n) is 3.04. The third-order valence-electron chi connectivity index (χ3n) is 4.87. The van der Waals surface area contributed by atoms with E-state index in [0.717, 1.165) is 35.9 Å². The number of carbonyl (C=O) groups is 2. The van der Waals surface area contributed by atoms with Crippen LogP contribution in [0.3, 0.4) is 0 Å². The second kappa shape index (κ2) is 12.2. The van der Waals surface area contributed by atoms with Gasteiger partial charge in [0.2, 0.25) is 17.8 Å². The molecular formula is C24H18ClF5N6O2S. The summed E-state index contributed by atoms with van der Waals surface area (Å²) in [6.07, 6.45) is -0.323. The van der Waals surface area contributed by atoms with E-state index < -0.39 is 46.5 Å². The zero-order valence-corrected chi connectivity index (χ0v) is 21.7. The number of amides is 2. The number of aromatic nitrogens is 3. The Bertz CT molecular complexity index is 1470. The molecule has 1 unspecified atom stereocenters. The molecule has 3 aromatic rings. The summed E-state index contributed by atoms with van der Waals surface area (Å²) in [6.45, 7) is 6.49. The Kier molecular flexibility index (Phi) is 9.24. The number of alkyl halides is 3. The highest BCUT2D eigenvalue weighted by atomic mass is 35.5. The molecule has 1 atom stereocenters. The lowest BCUT2D eigenvalue weighted by Gasteiger charge is -2.12. The van der Waals surface area contributed by atoms with Crippen molar-refractivity contribution >= 4 is 46.3 Å². The molecule has 0 aliphatic heterocycles. The molecule has 0 aromatic carbocycles. The summed E-state index contributed by atoms with van der Waals surface area (Å²) >= 11 is 6.43. The molecule has 3 heterocycles. The number of allylic oxidation sites excluding steroid dienone is 1. The van der Waals surface area contributed by atoms with Gasteiger partial charge in [0.1, 0.15) is 15.7 Å². The Morgan fingerprint density at radius 2 is 1.82 bits per heavy atom. The van der Waals surface area contributed by atoms with Crippen LogP contribution in [0.4, 0.5) is 27.8 Å². The van der Waals surface area contributed by atoms with Gasteiger partial charge in [-0.2, -0.15) is 26.9 Å². The van der Waals surface area contributed by atoms with Crippen LogP contribution in [0.25, 0.3) is 0 Å². The van der Waals surface area contributed by atoms with Gasteiger partial charge < -0.3 is 10.6 Å². The molecular weight excluding hydrogens is 567 g/mol. The Morgan fingerprint density at radius 1 is 1.15 bits per heavy atom. The molecule has 0 aliphatic carbocycles. The normalized spacial score (nSPS) is 13.1. The zero-order valence-electron chi connectivity index (χ0n) is 20.1. The van der Waals surface area contributed by atoms with Crippen LogP contribution in [0.5, 0.6) is 0 Å². The molecule has 0 bridgehead atoms. The number of aliphatic imine (C=N–C) groups is 1.